The number of hydrogen-bond donors (Lipinski definition) is 2. The molecule has 0 fully saturated rings. The largest absolute Gasteiger partial charge is 0.348 e. The van der Waals surface area contributed by atoms with Gasteiger partial charge in [0.1, 0.15) is 0 Å². The average molecular weight is 266 g/mol. The van der Waals surface area contributed by atoms with Crippen LogP contribution in [0.5, 0.6) is 0 Å². The third-order valence-corrected chi connectivity index (χ3v) is 3.65. The first kappa shape index (κ1) is 15.1. The van der Waals surface area contributed by atoms with E-state index in [9.17, 15) is 4.79 Å². The van der Waals surface area contributed by atoms with Crippen LogP contribution in [0.4, 0.5) is 0 Å². The van der Waals surface area contributed by atoms with Gasteiger partial charge in [0.15, 0.2) is 0 Å². The number of nitrogens with one attached hydrogen (secondary N) is 1. The summed E-state index contributed by atoms with van der Waals surface area (Å²) in [5.74, 6) is -0.0710. The molecule has 1 amide bonds. The molecule has 0 aliphatic rings. The van der Waals surface area contributed by atoms with Crippen molar-refractivity contribution in [2.75, 3.05) is 6.26 Å². The first-order valence-corrected chi connectivity index (χ1v) is 7.50. The second-order valence-corrected chi connectivity index (χ2v) is 5.28. The van der Waals surface area contributed by atoms with Gasteiger partial charge >= 0.3 is 0 Å². The molecule has 0 aliphatic heterocycles. The highest BCUT2D eigenvalue weighted by molar-refractivity contribution is 7.98. The maximum atomic E-state index is 11.8. The van der Waals surface area contributed by atoms with Crippen molar-refractivity contribution in [2.24, 2.45) is 5.73 Å². The van der Waals surface area contributed by atoms with Crippen LogP contribution in [0.3, 0.4) is 0 Å². The molecular formula is C14H22N2OS. The van der Waals surface area contributed by atoms with Crippen molar-refractivity contribution in [3.05, 3.63) is 29.8 Å². The summed E-state index contributed by atoms with van der Waals surface area (Å²) in [5.41, 5.74) is 6.89. The zero-order valence-electron chi connectivity index (χ0n) is 11.3. The minimum absolute atomic E-state index is 0.00341. The van der Waals surface area contributed by atoms with Crippen molar-refractivity contribution in [1.82, 2.24) is 5.32 Å². The van der Waals surface area contributed by atoms with Crippen molar-refractivity contribution in [1.29, 1.82) is 0 Å². The minimum Gasteiger partial charge on any atom is -0.348 e. The fourth-order valence-electron chi connectivity index (χ4n) is 1.74. The van der Waals surface area contributed by atoms with E-state index in [4.69, 9.17) is 5.73 Å². The van der Waals surface area contributed by atoms with E-state index in [0.717, 1.165) is 18.4 Å². The van der Waals surface area contributed by atoms with Gasteiger partial charge in [-0.2, -0.15) is 0 Å². The van der Waals surface area contributed by atoms with Crippen LogP contribution >= 0.6 is 11.8 Å². The number of benzene rings is 1. The molecule has 1 unspecified atom stereocenters. The molecule has 4 heteroatoms. The summed E-state index contributed by atoms with van der Waals surface area (Å²) in [6, 6.07) is 7.81. The first-order chi connectivity index (χ1) is 8.58. The molecule has 0 saturated carbocycles. The van der Waals surface area contributed by atoms with Crippen LogP contribution in [-0.2, 0) is 4.79 Å². The standard InChI is InChI=1S/C14H22N2OS/c1-4-5-13(15)14(17)16-10(2)11-6-8-12(18-3)9-7-11/h6-10,13H,4-5,15H2,1-3H3,(H,16,17)/t10?,13-/m1/s1. The van der Waals surface area contributed by atoms with Gasteiger partial charge in [0.05, 0.1) is 12.1 Å². The van der Waals surface area contributed by atoms with Gasteiger partial charge in [0, 0.05) is 4.90 Å². The lowest BCUT2D eigenvalue weighted by atomic mass is 10.1. The van der Waals surface area contributed by atoms with E-state index in [1.165, 1.54) is 4.90 Å². The highest BCUT2D eigenvalue weighted by Gasteiger charge is 2.15. The Morgan fingerprint density at radius 1 is 1.39 bits per heavy atom. The van der Waals surface area contributed by atoms with Crippen molar-refractivity contribution in [3.63, 3.8) is 0 Å². The summed E-state index contributed by atoms with van der Waals surface area (Å²) in [5, 5.41) is 2.95. The number of thioether (sulfide) groups is 1. The third-order valence-electron chi connectivity index (χ3n) is 2.91. The van der Waals surface area contributed by atoms with Crippen LogP contribution in [0.25, 0.3) is 0 Å². The first-order valence-electron chi connectivity index (χ1n) is 6.28. The molecule has 0 heterocycles. The van der Waals surface area contributed by atoms with Crippen molar-refractivity contribution in [2.45, 2.75) is 43.7 Å². The Morgan fingerprint density at radius 2 is 2.00 bits per heavy atom. The van der Waals surface area contributed by atoms with Gasteiger partial charge in [-0.1, -0.05) is 25.5 Å². The maximum absolute atomic E-state index is 11.8. The summed E-state index contributed by atoms with van der Waals surface area (Å²) < 4.78 is 0. The summed E-state index contributed by atoms with van der Waals surface area (Å²) in [6.45, 7) is 4.00. The smallest absolute Gasteiger partial charge is 0.237 e. The van der Waals surface area contributed by atoms with E-state index in [2.05, 4.69) is 17.4 Å². The Kier molecular flexibility index (Phi) is 6.22. The molecule has 100 valence electrons. The number of nitrogens with two attached hydrogens (primary N) is 1. The minimum atomic E-state index is -0.400. The van der Waals surface area contributed by atoms with Crippen LogP contribution in [0.1, 0.15) is 38.3 Å². The number of rotatable bonds is 6. The molecule has 0 saturated heterocycles. The fraction of sp³-hybridized carbons (Fsp3) is 0.500. The van der Waals surface area contributed by atoms with E-state index < -0.39 is 6.04 Å². The zero-order valence-corrected chi connectivity index (χ0v) is 12.1. The topological polar surface area (TPSA) is 55.1 Å². The molecule has 3 nitrogen and oxygen atoms in total. The lowest BCUT2D eigenvalue weighted by molar-refractivity contribution is -0.123. The van der Waals surface area contributed by atoms with Gasteiger partial charge in [-0.3, -0.25) is 4.79 Å². The van der Waals surface area contributed by atoms with Gasteiger partial charge in [0.25, 0.3) is 0 Å². The van der Waals surface area contributed by atoms with E-state index in [0.29, 0.717) is 0 Å². The second kappa shape index (κ2) is 7.44. The molecular weight excluding hydrogens is 244 g/mol. The zero-order chi connectivity index (χ0) is 13.5. The SMILES string of the molecule is CCC[C@@H](N)C(=O)NC(C)c1ccc(SC)cc1. The van der Waals surface area contributed by atoms with E-state index in [-0.39, 0.29) is 11.9 Å². The Balaban J connectivity index is 2.58. The van der Waals surface area contributed by atoms with Crippen molar-refractivity contribution in [3.8, 4) is 0 Å². The van der Waals surface area contributed by atoms with Crippen LogP contribution in [0.2, 0.25) is 0 Å². The Bertz CT molecular complexity index is 378. The highest BCUT2D eigenvalue weighted by atomic mass is 32.2. The fourth-order valence-corrected chi connectivity index (χ4v) is 2.15. The number of carbonyl (C=O) groups is 1. The molecule has 0 spiro atoms. The van der Waals surface area contributed by atoms with Crippen LogP contribution in [0.15, 0.2) is 29.2 Å². The summed E-state index contributed by atoms with van der Waals surface area (Å²) in [6.07, 6.45) is 3.69. The maximum Gasteiger partial charge on any atom is 0.237 e. The molecule has 1 aromatic rings. The highest BCUT2D eigenvalue weighted by Crippen LogP contribution is 2.18. The van der Waals surface area contributed by atoms with E-state index in [1.54, 1.807) is 11.8 Å². The van der Waals surface area contributed by atoms with Gasteiger partial charge in [-0.05, 0) is 37.3 Å². The third kappa shape index (κ3) is 4.35. The van der Waals surface area contributed by atoms with Crippen molar-refractivity contribution >= 4 is 17.7 Å². The van der Waals surface area contributed by atoms with E-state index in [1.807, 2.05) is 32.2 Å². The molecule has 0 aliphatic carbocycles. The predicted octanol–water partition coefficient (Wildman–Crippen LogP) is 2.71. The molecule has 18 heavy (non-hydrogen) atoms. The molecule has 0 bridgehead atoms. The monoisotopic (exact) mass is 266 g/mol. The van der Waals surface area contributed by atoms with Crippen LogP contribution in [0, 0.1) is 0 Å². The summed E-state index contributed by atoms with van der Waals surface area (Å²) in [4.78, 5) is 13.0. The molecule has 0 aromatic heterocycles. The number of amides is 1. The lowest BCUT2D eigenvalue weighted by Gasteiger charge is -2.17. The predicted molar refractivity (Wildman–Crippen MR) is 77.7 cm³/mol. The second-order valence-electron chi connectivity index (χ2n) is 4.40. The van der Waals surface area contributed by atoms with Gasteiger partial charge in [-0.15, -0.1) is 11.8 Å². The molecule has 0 radical (unpaired) electrons. The van der Waals surface area contributed by atoms with Gasteiger partial charge in [-0.25, -0.2) is 0 Å². The van der Waals surface area contributed by atoms with Crippen molar-refractivity contribution < 1.29 is 4.79 Å². The quantitative estimate of drug-likeness (QED) is 0.778. The lowest BCUT2D eigenvalue weighted by Crippen LogP contribution is -2.41. The van der Waals surface area contributed by atoms with Crippen LogP contribution in [-0.4, -0.2) is 18.2 Å². The Morgan fingerprint density at radius 3 is 2.50 bits per heavy atom. The molecule has 2 atom stereocenters. The Labute approximate surface area is 114 Å². The molecule has 3 N–H and O–H groups in total. The average Bonchev–Trinajstić information content (AvgIpc) is 2.39. The van der Waals surface area contributed by atoms with Gasteiger partial charge < -0.3 is 11.1 Å². The van der Waals surface area contributed by atoms with Gasteiger partial charge in [0.2, 0.25) is 5.91 Å². The summed E-state index contributed by atoms with van der Waals surface area (Å²) >= 11 is 1.71. The number of carbonyl (C=O) groups excluding carboxylic acids is 1. The molecule has 1 rings (SSSR count). The Hall–Kier alpha value is -1.00. The normalized spacial score (nSPS) is 14.0. The molecule has 1 aromatic carbocycles. The van der Waals surface area contributed by atoms with Crippen LogP contribution < -0.4 is 11.1 Å². The van der Waals surface area contributed by atoms with E-state index >= 15 is 0 Å². The summed E-state index contributed by atoms with van der Waals surface area (Å²) in [7, 11) is 0. The number of hydrogen-bond acceptors (Lipinski definition) is 3.